The molecule has 4 nitrogen and oxygen atoms in total. The predicted molar refractivity (Wildman–Crippen MR) is 53.6 cm³/mol. The van der Waals surface area contributed by atoms with E-state index in [-0.39, 0.29) is 23.9 Å². The summed E-state index contributed by atoms with van der Waals surface area (Å²) in [6.07, 6.45) is 0. The van der Waals surface area contributed by atoms with E-state index in [2.05, 4.69) is 5.32 Å². The van der Waals surface area contributed by atoms with Crippen LogP contribution in [-0.4, -0.2) is 35.8 Å². The summed E-state index contributed by atoms with van der Waals surface area (Å²) in [5.74, 6) is -0.0779. The Kier molecular flexibility index (Phi) is 2.56. The van der Waals surface area contributed by atoms with Crippen molar-refractivity contribution in [3.05, 3.63) is 0 Å². The minimum Gasteiger partial charge on any atom is -0.342 e. The lowest BCUT2D eigenvalue weighted by atomic mass is 9.92. The number of amides is 2. The van der Waals surface area contributed by atoms with Crippen molar-refractivity contribution in [2.24, 2.45) is 5.41 Å². The highest BCUT2D eigenvalue weighted by molar-refractivity contribution is 5.94. The molecular weight excluding hydrogens is 180 g/mol. The van der Waals surface area contributed by atoms with Crippen LogP contribution in [0, 0.1) is 5.41 Å². The van der Waals surface area contributed by atoms with Gasteiger partial charge < -0.3 is 10.2 Å². The van der Waals surface area contributed by atoms with E-state index in [9.17, 15) is 9.59 Å². The van der Waals surface area contributed by atoms with E-state index >= 15 is 0 Å². The van der Waals surface area contributed by atoms with Gasteiger partial charge in [0.15, 0.2) is 0 Å². The zero-order chi connectivity index (χ0) is 11.1. The van der Waals surface area contributed by atoms with Crippen molar-refractivity contribution in [1.82, 2.24) is 10.2 Å². The molecule has 2 unspecified atom stereocenters. The van der Waals surface area contributed by atoms with Crippen molar-refractivity contribution in [3.63, 3.8) is 0 Å². The Balaban J connectivity index is 2.55. The van der Waals surface area contributed by atoms with Crippen molar-refractivity contribution in [2.75, 3.05) is 7.05 Å². The summed E-state index contributed by atoms with van der Waals surface area (Å²) in [4.78, 5) is 24.6. The van der Waals surface area contributed by atoms with E-state index < -0.39 is 5.41 Å². The Morgan fingerprint density at radius 2 is 1.93 bits per heavy atom. The fraction of sp³-hybridized carbons (Fsp3) is 0.800. The van der Waals surface area contributed by atoms with E-state index in [0.717, 1.165) is 0 Å². The number of hydrogen-bond acceptors (Lipinski definition) is 2. The number of likely N-dealkylation sites (tertiary alicyclic amines) is 1. The lowest BCUT2D eigenvalue weighted by Crippen LogP contribution is -2.68. The van der Waals surface area contributed by atoms with Crippen LogP contribution < -0.4 is 5.32 Å². The average Bonchev–Trinajstić information content (AvgIpc) is 2.10. The molecular formula is C10H18N2O2. The Hall–Kier alpha value is -1.06. The average molecular weight is 198 g/mol. The van der Waals surface area contributed by atoms with E-state index in [1.807, 2.05) is 27.7 Å². The maximum absolute atomic E-state index is 11.6. The van der Waals surface area contributed by atoms with Crippen LogP contribution >= 0.6 is 0 Å². The lowest BCUT2D eigenvalue weighted by Gasteiger charge is -2.43. The number of rotatable bonds is 1. The summed E-state index contributed by atoms with van der Waals surface area (Å²) in [5.41, 5.74) is -0.436. The SMILES string of the molecule is CC1C(NC(=O)C(C)(C)C)C(=O)N1C. The molecule has 2 amide bonds. The van der Waals surface area contributed by atoms with Gasteiger partial charge in [-0.15, -0.1) is 0 Å². The van der Waals surface area contributed by atoms with Gasteiger partial charge in [-0.1, -0.05) is 20.8 Å². The first kappa shape index (κ1) is 11.0. The first-order valence-electron chi connectivity index (χ1n) is 4.83. The number of nitrogens with one attached hydrogen (secondary N) is 1. The Morgan fingerprint density at radius 1 is 1.43 bits per heavy atom. The molecule has 0 saturated carbocycles. The number of carbonyl (C=O) groups is 2. The molecule has 4 heteroatoms. The normalized spacial score (nSPS) is 27.2. The molecule has 1 rings (SSSR count). The monoisotopic (exact) mass is 198 g/mol. The second-order valence-electron chi connectivity index (χ2n) is 4.89. The molecule has 1 N–H and O–H groups in total. The Morgan fingerprint density at radius 3 is 2.29 bits per heavy atom. The van der Waals surface area contributed by atoms with Crippen LogP contribution in [0.3, 0.4) is 0 Å². The first-order valence-corrected chi connectivity index (χ1v) is 4.83. The molecule has 0 aromatic carbocycles. The van der Waals surface area contributed by atoms with Crippen LogP contribution in [0.5, 0.6) is 0 Å². The van der Waals surface area contributed by atoms with Crippen molar-refractivity contribution >= 4 is 11.8 Å². The molecule has 2 atom stereocenters. The van der Waals surface area contributed by atoms with Gasteiger partial charge in [-0.05, 0) is 6.92 Å². The van der Waals surface area contributed by atoms with Gasteiger partial charge in [0, 0.05) is 12.5 Å². The maximum Gasteiger partial charge on any atom is 0.247 e. The molecule has 0 spiro atoms. The second-order valence-corrected chi connectivity index (χ2v) is 4.89. The highest BCUT2D eigenvalue weighted by atomic mass is 16.2. The summed E-state index contributed by atoms with van der Waals surface area (Å²) in [6.45, 7) is 7.43. The van der Waals surface area contributed by atoms with Gasteiger partial charge in [0.05, 0.1) is 6.04 Å². The summed E-state index contributed by atoms with van der Waals surface area (Å²) < 4.78 is 0. The van der Waals surface area contributed by atoms with E-state index in [4.69, 9.17) is 0 Å². The predicted octanol–water partition coefficient (Wildman–Crippen LogP) is 0.378. The molecule has 0 radical (unpaired) electrons. The largest absolute Gasteiger partial charge is 0.342 e. The molecule has 0 bridgehead atoms. The van der Waals surface area contributed by atoms with Gasteiger partial charge in [0.25, 0.3) is 0 Å². The first-order chi connectivity index (χ1) is 6.25. The number of nitrogens with zero attached hydrogens (tertiary/aromatic N) is 1. The Bertz CT molecular complexity index is 268. The smallest absolute Gasteiger partial charge is 0.247 e. The summed E-state index contributed by atoms with van der Waals surface area (Å²) in [7, 11) is 1.74. The molecule has 14 heavy (non-hydrogen) atoms. The third-order valence-electron chi connectivity index (χ3n) is 2.67. The number of β-lactam (4-membered cyclic amide) rings is 1. The molecule has 80 valence electrons. The minimum atomic E-state index is -0.436. The molecule has 0 aromatic rings. The molecule has 1 fully saturated rings. The fourth-order valence-corrected chi connectivity index (χ4v) is 1.31. The summed E-state index contributed by atoms with van der Waals surface area (Å²) >= 11 is 0. The topological polar surface area (TPSA) is 49.4 Å². The molecule has 0 aromatic heterocycles. The maximum atomic E-state index is 11.6. The van der Waals surface area contributed by atoms with Crippen molar-refractivity contribution in [3.8, 4) is 0 Å². The number of carbonyl (C=O) groups excluding carboxylic acids is 2. The Labute approximate surface area is 84.7 Å². The third-order valence-corrected chi connectivity index (χ3v) is 2.67. The van der Waals surface area contributed by atoms with Gasteiger partial charge in [-0.2, -0.15) is 0 Å². The van der Waals surface area contributed by atoms with Gasteiger partial charge in [-0.3, -0.25) is 9.59 Å². The quantitative estimate of drug-likeness (QED) is 0.619. The molecule has 0 aliphatic carbocycles. The highest BCUT2D eigenvalue weighted by Crippen LogP contribution is 2.19. The van der Waals surface area contributed by atoms with E-state index in [1.54, 1.807) is 11.9 Å². The number of hydrogen-bond donors (Lipinski definition) is 1. The van der Waals surface area contributed by atoms with Gasteiger partial charge in [0.1, 0.15) is 6.04 Å². The van der Waals surface area contributed by atoms with E-state index in [1.165, 1.54) is 0 Å². The molecule has 1 saturated heterocycles. The zero-order valence-electron chi connectivity index (χ0n) is 9.42. The fourth-order valence-electron chi connectivity index (χ4n) is 1.31. The van der Waals surface area contributed by atoms with Gasteiger partial charge in [-0.25, -0.2) is 0 Å². The third kappa shape index (κ3) is 1.74. The molecule has 1 heterocycles. The number of likely N-dealkylation sites (N-methyl/N-ethyl adjacent to an activating group) is 1. The van der Waals surface area contributed by atoms with Crippen molar-refractivity contribution < 1.29 is 9.59 Å². The van der Waals surface area contributed by atoms with Crippen LogP contribution in [0.4, 0.5) is 0 Å². The summed E-state index contributed by atoms with van der Waals surface area (Å²) in [6, 6.07) is -0.222. The zero-order valence-corrected chi connectivity index (χ0v) is 9.42. The molecule has 1 aliphatic heterocycles. The van der Waals surface area contributed by atoms with Crippen LogP contribution in [0.25, 0.3) is 0 Å². The van der Waals surface area contributed by atoms with E-state index in [0.29, 0.717) is 0 Å². The summed E-state index contributed by atoms with van der Waals surface area (Å²) in [5, 5.41) is 2.76. The second kappa shape index (κ2) is 3.26. The standard InChI is InChI=1S/C10H18N2O2/c1-6-7(8(13)12(6)5)11-9(14)10(2,3)4/h6-7H,1-5H3,(H,11,14). The lowest BCUT2D eigenvalue weighted by molar-refractivity contribution is -0.151. The van der Waals surface area contributed by atoms with Crippen molar-refractivity contribution in [2.45, 2.75) is 39.8 Å². The van der Waals surface area contributed by atoms with Gasteiger partial charge in [0.2, 0.25) is 11.8 Å². The highest BCUT2D eigenvalue weighted by Gasteiger charge is 2.43. The van der Waals surface area contributed by atoms with Crippen LogP contribution in [0.15, 0.2) is 0 Å². The minimum absolute atomic E-state index is 0.00454. The molecule has 1 aliphatic rings. The van der Waals surface area contributed by atoms with Gasteiger partial charge >= 0.3 is 0 Å². The van der Waals surface area contributed by atoms with Crippen LogP contribution in [-0.2, 0) is 9.59 Å². The van der Waals surface area contributed by atoms with Crippen molar-refractivity contribution in [1.29, 1.82) is 0 Å². The van der Waals surface area contributed by atoms with Crippen LogP contribution in [0.2, 0.25) is 0 Å². The van der Waals surface area contributed by atoms with Crippen LogP contribution in [0.1, 0.15) is 27.7 Å².